The molecule has 7 nitrogen and oxygen atoms in total. The normalized spacial score (nSPS) is 11.0. The van der Waals surface area contributed by atoms with Crippen molar-refractivity contribution in [1.29, 1.82) is 0 Å². The third kappa shape index (κ3) is 3.13. The van der Waals surface area contributed by atoms with Crippen LogP contribution in [0.5, 0.6) is 5.75 Å². The van der Waals surface area contributed by atoms with Crippen molar-refractivity contribution in [3.8, 4) is 16.9 Å². The number of hydrogen-bond acceptors (Lipinski definition) is 5. The van der Waals surface area contributed by atoms with Crippen molar-refractivity contribution in [3.05, 3.63) is 61.1 Å². The van der Waals surface area contributed by atoms with Crippen molar-refractivity contribution in [2.24, 2.45) is 0 Å². The molecule has 130 valence electrons. The van der Waals surface area contributed by atoms with Crippen LogP contribution in [0.1, 0.15) is 25.3 Å². The van der Waals surface area contributed by atoms with Gasteiger partial charge in [-0.15, -0.1) is 0 Å². The lowest BCUT2D eigenvalue weighted by molar-refractivity contribution is 0.415. The molecule has 7 heteroatoms. The first-order valence-electron chi connectivity index (χ1n) is 8.02. The Balaban J connectivity index is 2.41. The minimum Gasteiger partial charge on any atom is -0.497 e. The Morgan fingerprint density at radius 3 is 2.68 bits per heavy atom. The van der Waals surface area contributed by atoms with Crippen molar-refractivity contribution in [3.63, 3.8) is 0 Å². The number of H-pyrrole nitrogens is 2. The number of fused-ring (bicyclic) bond motifs is 1. The van der Waals surface area contributed by atoms with Crippen LogP contribution in [-0.4, -0.2) is 17.1 Å². The van der Waals surface area contributed by atoms with E-state index >= 15 is 0 Å². The number of benzene rings is 1. The summed E-state index contributed by atoms with van der Waals surface area (Å²) in [5, 5.41) is 0.200. The van der Waals surface area contributed by atoms with E-state index < -0.39 is 16.9 Å². The number of methoxy groups -OCH3 is 1. The van der Waals surface area contributed by atoms with E-state index in [0.717, 1.165) is 12.8 Å². The molecule has 0 fully saturated rings. The number of unbranched alkanes of at least 4 members (excludes halogenated alkanes) is 1. The summed E-state index contributed by atoms with van der Waals surface area (Å²) in [6, 6.07) is 7.00. The smallest absolute Gasteiger partial charge is 0.345 e. The van der Waals surface area contributed by atoms with Gasteiger partial charge in [0.1, 0.15) is 11.1 Å². The van der Waals surface area contributed by atoms with Crippen LogP contribution in [-0.2, 0) is 6.42 Å². The predicted octanol–water partition coefficient (Wildman–Crippen LogP) is 2.19. The lowest BCUT2D eigenvalue weighted by Gasteiger charge is -2.11. The zero-order valence-corrected chi connectivity index (χ0v) is 14.0. The highest BCUT2D eigenvalue weighted by Crippen LogP contribution is 2.28. The standard InChI is InChI=1S/C18H18N2O5/c1-3-4-8-12-13(10-6-5-7-11(9-10)24-2)17(22)25-16-14(12)15(21)19-18(23)20-16/h5-7,9H,3-4,8H2,1-2H3,(H2,19,20,21,23). The molecule has 0 amide bonds. The van der Waals surface area contributed by atoms with E-state index in [9.17, 15) is 14.4 Å². The molecule has 3 rings (SSSR count). The summed E-state index contributed by atoms with van der Waals surface area (Å²) < 4.78 is 10.4. The lowest BCUT2D eigenvalue weighted by Crippen LogP contribution is -2.25. The largest absolute Gasteiger partial charge is 0.497 e. The highest BCUT2D eigenvalue weighted by molar-refractivity contribution is 5.84. The summed E-state index contributed by atoms with van der Waals surface area (Å²) >= 11 is 0. The Morgan fingerprint density at radius 2 is 1.96 bits per heavy atom. The van der Waals surface area contributed by atoms with Gasteiger partial charge in [-0.1, -0.05) is 25.5 Å². The molecule has 0 radical (unpaired) electrons. The van der Waals surface area contributed by atoms with Crippen LogP contribution < -0.4 is 21.6 Å². The van der Waals surface area contributed by atoms with E-state index in [1.807, 2.05) is 6.92 Å². The van der Waals surface area contributed by atoms with Crippen molar-refractivity contribution >= 4 is 11.1 Å². The Hall–Kier alpha value is -3.09. The number of aromatic amines is 2. The van der Waals surface area contributed by atoms with Crippen molar-refractivity contribution < 1.29 is 9.15 Å². The second kappa shape index (κ2) is 6.80. The fourth-order valence-electron chi connectivity index (χ4n) is 2.88. The minimum absolute atomic E-state index is 0.100. The summed E-state index contributed by atoms with van der Waals surface area (Å²) in [5.74, 6) is 0.591. The molecule has 1 aromatic carbocycles. The van der Waals surface area contributed by atoms with E-state index in [2.05, 4.69) is 9.97 Å². The van der Waals surface area contributed by atoms with E-state index in [1.54, 1.807) is 24.3 Å². The van der Waals surface area contributed by atoms with Crippen molar-refractivity contribution in [2.45, 2.75) is 26.2 Å². The van der Waals surface area contributed by atoms with Gasteiger partial charge >= 0.3 is 11.3 Å². The summed E-state index contributed by atoms with van der Waals surface area (Å²) in [5.41, 5.74) is -0.499. The fourth-order valence-corrected chi connectivity index (χ4v) is 2.88. The molecule has 25 heavy (non-hydrogen) atoms. The number of aryl methyl sites for hydroxylation is 1. The topological polar surface area (TPSA) is 105 Å². The monoisotopic (exact) mass is 342 g/mol. The van der Waals surface area contributed by atoms with Gasteiger partial charge in [0.2, 0.25) is 5.71 Å². The van der Waals surface area contributed by atoms with Gasteiger partial charge in [0.25, 0.3) is 5.56 Å². The molecule has 0 saturated carbocycles. The molecule has 0 aliphatic carbocycles. The number of hydrogen-bond donors (Lipinski definition) is 2. The van der Waals surface area contributed by atoms with Crippen LogP contribution in [0.2, 0.25) is 0 Å². The highest BCUT2D eigenvalue weighted by Gasteiger charge is 2.19. The minimum atomic E-state index is -0.712. The predicted molar refractivity (Wildman–Crippen MR) is 94.3 cm³/mol. The Kier molecular flexibility index (Phi) is 4.56. The highest BCUT2D eigenvalue weighted by atomic mass is 16.5. The average Bonchev–Trinajstić information content (AvgIpc) is 2.58. The van der Waals surface area contributed by atoms with E-state index in [4.69, 9.17) is 9.15 Å². The Bertz CT molecular complexity index is 1090. The molecule has 0 unspecified atom stereocenters. The molecule has 0 saturated heterocycles. The number of ether oxygens (including phenoxy) is 1. The van der Waals surface area contributed by atoms with Crippen molar-refractivity contribution in [1.82, 2.24) is 9.97 Å². The molecule has 2 aromatic heterocycles. The molecular formula is C18H18N2O5. The number of rotatable bonds is 5. The molecular weight excluding hydrogens is 324 g/mol. The maximum atomic E-state index is 12.6. The van der Waals surface area contributed by atoms with Crippen LogP contribution >= 0.6 is 0 Å². The number of aromatic nitrogens is 2. The Morgan fingerprint density at radius 1 is 1.16 bits per heavy atom. The maximum absolute atomic E-state index is 12.6. The molecule has 0 spiro atoms. The first kappa shape index (κ1) is 16.8. The van der Waals surface area contributed by atoms with Crippen LogP contribution in [0.25, 0.3) is 22.2 Å². The van der Waals surface area contributed by atoms with Crippen LogP contribution in [0, 0.1) is 0 Å². The third-order valence-corrected chi connectivity index (χ3v) is 4.05. The SMILES string of the molecule is CCCCc1c(-c2cccc(OC)c2)c(=O)oc2[nH]c(=O)[nH]c(=O)c12. The zero-order valence-electron chi connectivity index (χ0n) is 14.0. The lowest BCUT2D eigenvalue weighted by atomic mass is 9.96. The van der Waals surface area contributed by atoms with Crippen LogP contribution in [0.15, 0.2) is 43.1 Å². The Labute approximate surface area is 142 Å². The van der Waals surface area contributed by atoms with E-state index in [0.29, 0.717) is 28.9 Å². The van der Waals surface area contributed by atoms with E-state index in [-0.39, 0.29) is 11.1 Å². The van der Waals surface area contributed by atoms with Gasteiger partial charge in [-0.25, -0.2) is 9.59 Å². The van der Waals surface area contributed by atoms with Gasteiger partial charge < -0.3 is 9.15 Å². The average molecular weight is 342 g/mol. The van der Waals surface area contributed by atoms with Gasteiger partial charge in [-0.3, -0.25) is 14.8 Å². The molecule has 3 aromatic rings. The molecule has 0 atom stereocenters. The van der Waals surface area contributed by atoms with Gasteiger partial charge in [-0.05, 0) is 36.1 Å². The van der Waals surface area contributed by atoms with Crippen LogP contribution in [0.3, 0.4) is 0 Å². The van der Waals surface area contributed by atoms with Gasteiger partial charge in [0, 0.05) is 0 Å². The summed E-state index contributed by atoms with van der Waals surface area (Å²) in [7, 11) is 1.54. The zero-order chi connectivity index (χ0) is 18.0. The van der Waals surface area contributed by atoms with E-state index in [1.165, 1.54) is 7.11 Å². The molecule has 0 aliphatic heterocycles. The van der Waals surface area contributed by atoms with Gasteiger partial charge in [-0.2, -0.15) is 0 Å². The first-order chi connectivity index (χ1) is 12.0. The quantitative estimate of drug-likeness (QED) is 0.739. The molecule has 0 aliphatic rings. The maximum Gasteiger partial charge on any atom is 0.345 e. The van der Waals surface area contributed by atoms with Gasteiger partial charge in [0.15, 0.2) is 0 Å². The van der Waals surface area contributed by atoms with Crippen molar-refractivity contribution in [2.75, 3.05) is 7.11 Å². The summed E-state index contributed by atoms with van der Waals surface area (Å²) in [6.45, 7) is 2.02. The number of nitrogens with one attached hydrogen (secondary N) is 2. The molecule has 0 bridgehead atoms. The van der Waals surface area contributed by atoms with Gasteiger partial charge in [0.05, 0.1) is 12.7 Å². The second-order valence-corrected chi connectivity index (χ2v) is 5.69. The molecule has 2 heterocycles. The third-order valence-electron chi connectivity index (χ3n) is 4.05. The summed E-state index contributed by atoms with van der Waals surface area (Å²) in [4.78, 5) is 41.0. The first-order valence-corrected chi connectivity index (χ1v) is 8.02. The molecule has 2 N–H and O–H groups in total. The second-order valence-electron chi connectivity index (χ2n) is 5.69. The fraction of sp³-hybridized carbons (Fsp3) is 0.278. The summed E-state index contributed by atoms with van der Waals surface area (Å²) in [6.07, 6.45) is 2.19. The van der Waals surface area contributed by atoms with Crippen LogP contribution in [0.4, 0.5) is 0 Å².